The molecule has 0 bridgehead atoms. The van der Waals surface area contributed by atoms with Gasteiger partial charge >= 0.3 is 0 Å². The average molecular weight is 430 g/mol. The van der Waals surface area contributed by atoms with Crippen LogP contribution in [0.4, 0.5) is 5.69 Å². The first kappa shape index (κ1) is 18.6. The molecule has 0 unspecified atom stereocenters. The van der Waals surface area contributed by atoms with Crippen molar-refractivity contribution in [3.05, 3.63) is 51.1 Å². The van der Waals surface area contributed by atoms with Crippen molar-refractivity contribution < 1.29 is 13.2 Å². The van der Waals surface area contributed by atoms with Crippen molar-refractivity contribution in [2.75, 3.05) is 17.1 Å². The summed E-state index contributed by atoms with van der Waals surface area (Å²) in [5, 5.41) is 5.92. The molecular weight excluding hydrogens is 414 g/mol. The van der Waals surface area contributed by atoms with Crippen LogP contribution in [0.15, 0.2) is 51.4 Å². The minimum Gasteiger partial charge on any atom is -0.271 e. The van der Waals surface area contributed by atoms with Gasteiger partial charge in [-0.25, -0.2) is 13.8 Å². The van der Waals surface area contributed by atoms with Crippen LogP contribution in [0.3, 0.4) is 0 Å². The van der Waals surface area contributed by atoms with E-state index >= 15 is 0 Å². The molecule has 6 nitrogen and oxygen atoms in total. The quantitative estimate of drug-likeness (QED) is 0.566. The number of carbonyl (C=O) groups is 1. The van der Waals surface area contributed by atoms with Crippen LogP contribution >= 0.6 is 27.3 Å². The molecule has 0 spiro atoms. The molecule has 0 aliphatic rings. The van der Waals surface area contributed by atoms with E-state index in [9.17, 15) is 13.2 Å². The fourth-order valence-corrected chi connectivity index (χ4v) is 3.80. The number of hydrazone groups is 1. The first-order valence-corrected chi connectivity index (χ1v) is 10.4. The fraction of sp³-hybridized carbons (Fsp3) is 0.200. The van der Waals surface area contributed by atoms with E-state index in [1.165, 1.54) is 11.3 Å². The molecule has 0 fully saturated rings. The van der Waals surface area contributed by atoms with E-state index < -0.39 is 15.9 Å². The van der Waals surface area contributed by atoms with Gasteiger partial charge in [0.05, 0.1) is 17.7 Å². The standard InChI is InChI=1S/C15H16BrN3O3S2/c1-11(14-7-4-8-23-14)17-18-15(20)10-19(24(2,21)22)13-6-3-5-12(16)9-13/h3-9H,10H2,1-2H3,(H,18,20)/b17-11-. The van der Waals surface area contributed by atoms with Crippen LogP contribution in [-0.4, -0.2) is 32.8 Å². The van der Waals surface area contributed by atoms with Crippen LogP contribution in [0.5, 0.6) is 0 Å². The second kappa shape index (κ2) is 7.91. The molecule has 2 aromatic rings. The van der Waals surface area contributed by atoms with Gasteiger partial charge in [0.25, 0.3) is 5.91 Å². The summed E-state index contributed by atoms with van der Waals surface area (Å²) in [5.74, 6) is -0.517. The third-order valence-corrected chi connectivity index (χ3v) is 5.62. The summed E-state index contributed by atoms with van der Waals surface area (Å²) in [6.45, 7) is 1.42. The van der Waals surface area contributed by atoms with Gasteiger partial charge in [-0.1, -0.05) is 28.1 Å². The van der Waals surface area contributed by atoms with Crippen LogP contribution in [0, 0.1) is 0 Å². The second-order valence-electron chi connectivity index (χ2n) is 4.96. The maximum Gasteiger partial charge on any atom is 0.260 e. The average Bonchev–Trinajstić information content (AvgIpc) is 3.03. The SMILES string of the molecule is C/C(=N/NC(=O)CN(c1cccc(Br)c1)S(C)(=O)=O)c1cccs1. The predicted molar refractivity (Wildman–Crippen MR) is 101 cm³/mol. The number of hydrogen-bond acceptors (Lipinski definition) is 5. The molecular formula is C15H16BrN3O3S2. The number of rotatable bonds is 6. The number of nitrogens with zero attached hydrogens (tertiary/aromatic N) is 2. The molecule has 1 N–H and O–H groups in total. The zero-order chi connectivity index (χ0) is 17.7. The Labute approximate surface area is 153 Å². The number of anilines is 1. The Morgan fingerprint density at radius 1 is 1.33 bits per heavy atom. The molecule has 24 heavy (non-hydrogen) atoms. The zero-order valence-corrected chi connectivity index (χ0v) is 16.3. The van der Waals surface area contributed by atoms with Gasteiger partial charge in [-0.3, -0.25) is 9.10 Å². The van der Waals surface area contributed by atoms with Gasteiger partial charge < -0.3 is 0 Å². The van der Waals surface area contributed by atoms with E-state index in [1.54, 1.807) is 31.2 Å². The van der Waals surface area contributed by atoms with Gasteiger partial charge in [0.2, 0.25) is 10.0 Å². The van der Waals surface area contributed by atoms with Gasteiger partial charge in [-0.15, -0.1) is 11.3 Å². The van der Waals surface area contributed by atoms with Crippen molar-refractivity contribution in [1.29, 1.82) is 0 Å². The van der Waals surface area contributed by atoms with Crippen LogP contribution in [0.2, 0.25) is 0 Å². The van der Waals surface area contributed by atoms with Crippen molar-refractivity contribution in [3.63, 3.8) is 0 Å². The van der Waals surface area contributed by atoms with Crippen LogP contribution in [0.1, 0.15) is 11.8 Å². The van der Waals surface area contributed by atoms with E-state index in [1.807, 2.05) is 17.5 Å². The number of sulfonamides is 1. The largest absolute Gasteiger partial charge is 0.271 e. The number of carbonyl (C=O) groups excluding carboxylic acids is 1. The Morgan fingerprint density at radius 3 is 2.67 bits per heavy atom. The molecule has 0 atom stereocenters. The smallest absolute Gasteiger partial charge is 0.260 e. The van der Waals surface area contributed by atoms with Crippen molar-refractivity contribution in [3.8, 4) is 0 Å². The minimum absolute atomic E-state index is 0.351. The molecule has 0 saturated heterocycles. The molecule has 1 aromatic heterocycles. The van der Waals surface area contributed by atoms with E-state index in [2.05, 4.69) is 26.5 Å². The van der Waals surface area contributed by atoms with E-state index in [0.717, 1.165) is 19.9 Å². The molecule has 0 saturated carbocycles. The Balaban J connectivity index is 2.13. The Bertz CT molecular complexity index is 849. The summed E-state index contributed by atoms with van der Waals surface area (Å²) in [6.07, 6.45) is 1.06. The number of nitrogens with one attached hydrogen (secondary N) is 1. The molecule has 9 heteroatoms. The molecule has 1 amide bonds. The highest BCUT2D eigenvalue weighted by Gasteiger charge is 2.21. The third-order valence-electron chi connectivity index (χ3n) is 3.01. The first-order valence-electron chi connectivity index (χ1n) is 6.87. The molecule has 2 rings (SSSR count). The maximum atomic E-state index is 12.1. The third kappa shape index (κ3) is 5.15. The predicted octanol–water partition coefficient (Wildman–Crippen LogP) is 2.82. The molecule has 128 valence electrons. The highest BCUT2D eigenvalue weighted by molar-refractivity contribution is 9.10. The van der Waals surface area contributed by atoms with Gasteiger partial charge in [0.1, 0.15) is 6.54 Å². The summed E-state index contributed by atoms with van der Waals surface area (Å²) < 4.78 is 25.8. The molecule has 0 aliphatic carbocycles. The van der Waals surface area contributed by atoms with Crippen LogP contribution in [-0.2, 0) is 14.8 Å². The Hall–Kier alpha value is -1.71. The van der Waals surface area contributed by atoms with Crippen LogP contribution < -0.4 is 9.73 Å². The summed E-state index contributed by atoms with van der Waals surface area (Å²) >= 11 is 4.80. The Kier molecular flexibility index (Phi) is 6.14. The first-order chi connectivity index (χ1) is 11.3. The lowest BCUT2D eigenvalue weighted by Gasteiger charge is -2.21. The molecule has 1 heterocycles. The molecule has 0 radical (unpaired) electrons. The summed E-state index contributed by atoms with van der Waals surface area (Å²) in [5.41, 5.74) is 3.46. The van der Waals surface area contributed by atoms with E-state index in [-0.39, 0.29) is 6.54 Å². The van der Waals surface area contributed by atoms with Gasteiger partial charge in [-0.05, 0) is 36.6 Å². The molecule has 1 aromatic carbocycles. The highest BCUT2D eigenvalue weighted by atomic mass is 79.9. The van der Waals surface area contributed by atoms with E-state index in [4.69, 9.17) is 0 Å². The summed E-state index contributed by atoms with van der Waals surface area (Å²) in [7, 11) is -3.61. The topological polar surface area (TPSA) is 78.8 Å². The Morgan fingerprint density at radius 2 is 2.08 bits per heavy atom. The molecule has 0 aliphatic heterocycles. The van der Waals surface area contributed by atoms with E-state index in [0.29, 0.717) is 11.4 Å². The van der Waals surface area contributed by atoms with Crippen molar-refractivity contribution in [2.24, 2.45) is 5.10 Å². The lowest BCUT2D eigenvalue weighted by Crippen LogP contribution is -2.39. The number of hydrogen-bond donors (Lipinski definition) is 1. The number of benzene rings is 1. The van der Waals surface area contributed by atoms with Crippen LogP contribution in [0.25, 0.3) is 0 Å². The van der Waals surface area contributed by atoms with Crippen molar-refractivity contribution in [1.82, 2.24) is 5.43 Å². The van der Waals surface area contributed by atoms with Gasteiger partial charge in [0, 0.05) is 9.35 Å². The normalized spacial score (nSPS) is 12.0. The van der Waals surface area contributed by atoms with Gasteiger partial charge in [0.15, 0.2) is 0 Å². The van der Waals surface area contributed by atoms with Crippen molar-refractivity contribution >= 4 is 54.6 Å². The maximum absolute atomic E-state index is 12.1. The van der Waals surface area contributed by atoms with Gasteiger partial charge in [-0.2, -0.15) is 5.10 Å². The van der Waals surface area contributed by atoms with Crippen molar-refractivity contribution in [2.45, 2.75) is 6.92 Å². The summed E-state index contributed by atoms with van der Waals surface area (Å²) in [6, 6.07) is 10.5. The summed E-state index contributed by atoms with van der Waals surface area (Å²) in [4.78, 5) is 13.0. The second-order valence-corrected chi connectivity index (χ2v) is 8.73. The number of amides is 1. The number of halogens is 1. The monoisotopic (exact) mass is 429 g/mol. The number of thiophene rings is 1. The lowest BCUT2D eigenvalue weighted by molar-refractivity contribution is -0.119. The minimum atomic E-state index is -3.61. The zero-order valence-electron chi connectivity index (χ0n) is 13.1. The fourth-order valence-electron chi connectivity index (χ4n) is 1.88. The highest BCUT2D eigenvalue weighted by Crippen LogP contribution is 2.21. The lowest BCUT2D eigenvalue weighted by atomic mass is 10.3.